The zero-order chi connectivity index (χ0) is 12.5. The van der Waals surface area contributed by atoms with Crippen molar-refractivity contribution in [3.8, 4) is 6.07 Å². The van der Waals surface area contributed by atoms with Crippen LogP contribution >= 0.6 is 0 Å². The van der Waals surface area contributed by atoms with E-state index >= 15 is 0 Å². The van der Waals surface area contributed by atoms with Crippen LogP contribution in [0.4, 0.5) is 0 Å². The van der Waals surface area contributed by atoms with E-state index in [1.807, 2.05) is 0 Å². The summed E-state index contributed by atoms with van der Waals surface area (Å²) >= 11 is 0. The predicted octanol–water partition coefficient (Wildman–Crippen LogP) is 2.20. The highest BCUT2D eigenvalue weighted by Crippen LogP contribution is 2.18. The Kier molecular flexibility index (Phi) is 7.18. The maximum atomic E-state index is 9.14. The molecule has 4 nitrogen and oxygen atoms in total. The summed E-state index contributed by atoms with van der Waals surface area (Å²) in [5.74, 6) is 0. The Bertz CT molecular complexity index is 228. The predicted molar refractivity (Wildman–Crippen MR) is 66.4 cm³/mol. The Morgan fingerprint density at radius 2 is 1.76 bits per heavy atom. The molecule has 1 unspecified atom stereocenters. The first-order valence-electron chi connectivity index (χ1n) is 6.51. The van der Waals surface area contributed by atoms with E-state index in [0.29, 0.717) is 12.5 Å². The van der Waals surface area contributed by atoms with Crippen LogP contribution in [0.25, 0.3) is 0 Å². The minimum absolute atomic E-state index is 0.178. The van der Waals surface area contributed by atoms with E-state index in [1.54, 1.807) is 14.2 Å². The molecular weight excluding hydrogens is 216 g/mol. The maximum Gasteiger partial charge on any atom is 0.159 e. The molecule has 1 saturated carbocycles. The number of rotatable bonds is 6. The molecule has 1 atom stereocenters. The van der Waals surface area contributed by atoms with Crippen LogP contribution in [0.15, 0.2) is 0 Å². The van der Waals surface area contributed by atoms with Crippen LogP contribution in [-0.2, 0) is 9.47 Å². The molecule has 17 heavy (non-hydrogen) atoms. The lowest BCUT2D eigenvalue weighted by Crippen LogP contribution is -2.39. The topological polar surface area (TPSA) is 54.3 Å². The lowest BCUT2D eigenvalue weighted by atomic mass is 10.1. The van der Waals surface area contributed by atoms with Crippen LogP contribution in [0, 0.1) is 11.3 Å². The van der Waals surface area contributed by atoms with Crippen molar-refractivity contribution in [3.05, 3.63) is 0 Å². The van der Waals surface area contributed by atoms with Crippen LogP contribution in [0.1, 0.15) is 44.9 Å². The number of nitriles is 1. The molecule has 0 amide bonds. The van der Waals surface area contributed by atoms with Gasteiger partial charge < -0.3 is 9.47 Å². The van der Waals surface area contributed by atoms with Crippen LogP contribution in [0.2, 0.25) is 0 Å². The Morgan fingerprint density at radius 1 is 1.18 bits per heavy atom. The third kappa shape index (κ3) is 5.49. The smallest absolute Gasteiger partial charge is 0.159 e. The van der Waals surface area contributed by atoms with E-state index in [2.05, 4.69) is 11.4 Å². The molecule has 1 N–H and O–H groups in total. The number of nitrogens with zero attached hydrogens (tertiary/aromatic N) is 1. The molecular formula is C13H24N2O2. The molecule has 1 fully saturated rings. The molecule has 0 aromatic carbocycles. The minimum Gasteiger partial charge on any atom is -0.356 e. The van der Waals surface area contributed by atoms with Crippen molar-refractivity contribution in [1.29, 1.82) is 5.26 Å². The van der Waals surface area contributed by atoms with Gasteiger partial charge in [-0.2, -0.15) is 5.26 Å². The van der Waals surface area contributed by atoms with E-state index in [0.717, 1.165) is 0 Å². The lowest BCUT2D eigenvalue weighted by molar-refractivity contribution is -0.108. The quantitative estimate of drug-likeness (QED) is 0.571. The van der Waals surface area contributed by atoms with Gasteiger partial charge in [-0.15, -0.1) is 0 Å². The van der Waals surface area contributed by atoms with E-state index in [4.69, 9.17) is 14.7 Å². The van der Waals surface area contributed by atoms with Crippen molar-refractivity contribution in [2.45, 2.75) is 63.3 Å². The van der Waals surface area contributed by atoms with Crippen molar-refractivity contribution in [2.24, 2.45) is 0 Å². The number of hydrogen-bond acceptors (Lipinski definition) is 4. The van der Waals surface area contributed by atoms with Gasteiger partial charge in [0.25, 0.3) is 0 Å². The Labute approximate surface area is 104 Å². The summed E-state index contributed by atoms with van der Waals surface area (Å²) in [6, 6.07) is 2.60. The molecule has 0 aromatic heterocycles. The fourth-order valence-electron chi connectivity index (χ4n) is 2.37. The number of methoxy groups -OCH3 is 2. The third-order valence-corrected chi connectivity index (χ3v) is 3.40. The van der Waals surface area contributed by atoms with E-state index < -0.39 is 0 Å². The Balaban J connectivity index is 2.37. The summed E-state index contributed by atoms with van der Waals surface area (Å²) in [6.07, 6.45) is 7.85. The van der Waals surface area contributed by atoms with Gasteiger partial charge in [-0.25, -0.2) is 0 Å². The van der Waals surface area contributed by atoms with Crippen molar-refractivity contribution >= 4 is 0 Å². The number of nitrogens with one attached hydrogen (secondary N) is 1. The summed E-state index contributed by atoms with van der Waals surface area (Å²) in [5, 5.41) is 12.6. The van der Waals surface area contributed by atoms with Gasteiger partial charge in [0, 0.05) is 26.7 Å². The van der Waals surface area contributed by atoms with E-state index in [1.165, 1.54) is 38.5 Å². The van der Waals surface area contributed by atoms with E-state index in [-0.39, 0.29) is 12.3 Å². The summed E-state index contributed by atoms with van der Waals surface area (Å²) in [6.45, 7) is 0. The molecule has 98 valence electrons. The molecule has 0 aromatic rings. The van der Waals surface area contributed by atoms with Crippen LogP contribution in [0.3, 0.4) is 0 Å². The standard InChI is InChI=1S/C13H24N2O2/c1-16-13(17-2)9-12(10-14)15-11-7-5-3-4-6-8-11/h11-13,15H,3-9H2,1-2H3. The second kappa shape index (κ2) is 8.46. The Morgan fingerprint density at radius 3 is 2.24 bits per heavy atom. The summed E-state index contributed by atoms with van der Waals surface area (Å²) < 4.78 is 10.3. The van der Waals surface area contributed by atoms with Crippen molar-refractivity contribution < 1.29 is 9.47 Å². The number of hydrogen-bond donors (Lipinski definition) is 1. The summed E-state index contributed by atoms with van der Waals surface area (Å²) in [7, 11) is 3.21. The largest absolute Gasteiger partial charge is 0.356 e. The van der Waals surface area contributed by atoms with Gasteiger partial charge in [-0.1, -0.05) is 25.7 Å². The second-order valence-corrected chi connectivity index (χ2v) is 4.67. The van der Waals surface area contributed by atoms with Gasteiger partial charge in [0.15, 0.2) is 6.29 Å². The zero-order valence-electron chi connectivity index (χ0n) is 10.9. The molecule has 0 heterocycles. The van der Waals surface area contributed by atoms with Crippen molar-refractivity contribution in [1.82, 2.24) is 5.32 Å². The molecule has 0 aliphatic heterocycles. The van der Waals surface area contributed by atoms with Crippen LogP contribution in [0.5, 0.6) is 0 Å². The first kappa shape index (κ1) is 14.4. The fraction of sp³-hybridized carbons (Fsp3) is 0.923. The first-order valence-corrected chi connectivity index (χ1v) is 6.51. The summed E-state index contributed by atoms with van der Waals surface area (Å²) in [5.41, 5.74) is 0. The molecule has 0 bridgehead atoms. The van der Waals surface area contributed by atoms with Gasteiger partial charge in [0.05, 0.1) is 6.07 Å². The fourth-order valence-corrected chi connectivity index (χ4v) is 2.37. The average molecular weight is 240 g/mol. The molecule has 1 aliphatic carbocycles. The van der Waals surface area contributed by atoms with Gasteiger partial charge >= 0.3 is 0 Å². The van der Waals surface area contributed by atoms with Crippen molar-refractivity contribution in [3.63, 3.8) is 0 Å². The van der Waals surface area contributed by atoms with Gasteiger partial charge in [0.1, 0.15) is 6.04 Å². The van der Waals surface area contributed by atoms with Crippen molar-refractivity contribution in [2.75, 3.05) is 14.2 Å². The minimum atomic E-state index is -0.294. The molecule has 0 radical (unpaired) electrons. The first-order chi connectivity index (χ1) is 8.30. The highest BCUT2D eigenvalue weighted by molar-refractivity contribution is 4.92. The second-order valence-electron chi connectivity index (χ2n) is 4.67. The van der Waals surface area contributed by atoms with Gasteiger partial charge in [-0.05, 0) is 12.8 Å². The zero-order valence-corrected chi connectivity index (χ0v) is 10.9. The SMILES string of the molecule is COC(CC(C#N)NC1CCCCCC1)OC. The average Bonchev–Trinajstić information content (AvgIpc) is 2.62. The van der Waals surface area contributed by atoms with Gasteiger partial charge in [0.2, 0.25) is 0 Å². The maximum absolute atomic E-state index is 9.14. The normalized spacial score (nSPS) is 19.9. The van der Waals surface area contributed by atoms with Crippen LogP contribution < -0.4 is 5.32 Å². The molecule has 1 aliphatic rings. The molecule has 0 spiro atoms. The van der Waals surface area contributed by atoms with Crippen LogP contribution in [-0.4, -0.2) is 32.6 Å². The molecule has 4 heteroatoms. The lowest BCUT2D eigenvalue weighted by Gasteiger charge is -2.23. The highest BCUT2D eigenvalue weighted by atomic mass is 16.7. The number of ether oxygens (including phenoxy) is 2. The Hall–Kier alpha value is -0.630. The molecule has 0 saturated heterocycles. The summed E-state index contributed by atoms with van der Waals surface area (Å²) in [4.78, 5) is 0. The van der Waals surface area contributed by atoms with Gasteiger partial charge in [-0.3, -0.25) is 5.32 Å². The highest BCUT2D eigenvalue weighted by Gasteiger charge is 2.20. The molecule has 1 rings (SSSR count). The monoisotopic (exact) mass is 240 g/mol. The third-order valence-electron chi connectivity index (χ3n) is 3.40. The van der Waals surface area contributed by atoms with E-state index in [9.17, 15) is 0 Å².